The summed E-state index contributed by atoms with van der Waals surface area (Å²) in [7, 11) is 0. The maximum absolute atomic E-state index is 11.6. The van der Waals surface area contributed by atoms with Gasteiger partial charge >= 0.3 is 5.97 Å². The van der Waals surface area contributed by atoms with Crippen molar-refractivity contribution in [2.45, 2.75) is 53.2 Å². The Morgan fingerprint density at radius 3 is 2.47 bits per heavy atom. The second-order valence-corrected chi connectivity index (χ2v) is 5.22. The minimum Gasteiger partial charge on any atom is -0.462 e. The van der Waals surface area contributed by atoms with Crippen molar-refractivity contribution >= 4 is 5.97 Å². The van der Waals surface area contributed by atoms with E-state index in [1.54, 1.807) is 0 Å². The fraction of sp³-hybridized carbons (Fsp3) is 0.917. The minimum absolute atomic E-state index is 0.122. The van der Waals surface area contributed by atoms with Gasteiger partial charge in [-0.3, -0.25) is 4.79 Å². The van der Waals surface area contributed by atoms with Gasteiger partial charge in [-0.15, -0.1) is 0 Å². The van der Waals surface area contributed by atoms with Gasteiger partial charge in [-0.05, 0) is 26.2 Å². The SMILES string of the molecule is CCC(C)(C)C(=O)OCC1OC1C(C)C. The molecule has 3 nitrogen and oxygen atoms in total. The molecule has 0 saturated carbocycles. The topological polar surface area (TPSA) is 38.8 Å². The van der Waals surface area contributed by atoms with E-state index in [2.05, 4.69) is 13.8 Å². The molecule has 2 unspecified atom stereocenters. The molecule has 1 saturated heterocycles. The Morgan fingerprint density at radius 1 is 1.47 bits per heavy atom. The molecule has 1 rings (SSSR count). The van der Waals surface area contributed by atoms with Gasteiger partial charge in [-0.2, -0.15) is 0 Å². The van der Waals surface area contributed by atoms with Crippen LogP contribution in [0.1, 0.15) is 41.0 Å². The molecular formula is C12H22O3. The fourth-order valence-corrected chi connectivity index (χ4v) is 1.37. The highest BCUT2D eigenvalue weighted by Gasteiger charge is 2.42. The highest BCUT2D eigenvalue weighted by molar-refractivity contribution is 5.75. The lowest BCUT2D eigenvalue weighted by Gasteiger charge is -2.19. The molecule has 1 aliphatic rings. The number of epoxide rings is 1. The normalized spacial score (nSPS) is 25.5. The van der Waals surface area contributed by atoms with Crippen molar-refractivity contribution in [2.75, 3.05) is 6.61 Å². The Bertz CT molecular complexity index is 233. The lowest BCUT2D eigenvalue weighted by atomic mass is 9.91. The average Bonchev–Trinajstić information content (AvgIpc) is 2.93. The van der Waals surface area contributed by atoms with E-state index in [4.69, 9.17) is 9.47 Å². The average molecular weight is 214 g/mol. The predicted molar refractivity (Wildman–Crippen MR) is 58.5 cm³/mol. The first-order chi connectivity index (χ1) is 6.88. The number of ether oxygens (including phenoxy) is 2. The molecule has 2 atom stereocenters. The molecule has 0 aromatic heterocycles. The summed E-state index contributed by atoms with van der Waals surface area (Å²) in [6.07, 6.45) is 1.20. The summed E-state index contributed by atoms with van der Waals surface area (Å²) in [5, 5.41) is 0. The van der Waals surface area contributed by atoms with Crippen LogP contribution in [0.3, 0.4) is 0 Å². The van der Waals surface area contributed by atoms with Crippen LogP contribution in [0.2, 0.25) is 0 Å². The highest BCUT2D eigenvalue weighted by atomic mass is 16.6. The maximum Gasteiger partial charge on any atom is 0.311 e. The summed E-state index contributed by atoms with van der Waals surface area (Å²) in [6, 6.07) is 0. The minimum atomic E-state index is -0.373. The Labute approximate surface area is 92.1 Å². The van der Waals surface area contributed by atoms with Gasteiger partial charge in [0.25, 0.3) is 0 Å². The van der Waals surface area contributed by atoms with Crippen molar-refractivity contribution in [1.29, 1.82) is 0 Å². The van der Waals surface area contributed by atoms with E-state index in [-0.39, 0.29) is 23.6 Å². The van der Waals surface area contributed by atoms with E-state index < -0.39 is 0 Å². The van der Waals surface area contributed by atoms with Crippen molar-refractivity contribution < 1.29 is 14.3 Å². The Kier molecular flexibility index (Phi) is 3.77. The molecule has 15 heavy (non-hydrogen) atoms. The standard InChI is InChI=1S/C12H22O3/c1-6-12(4,5)11(13)14-7-9-10(15-9)8(2)3/h8-10H,6-7H2,1-5H3. The monoisotopic (exact) mass is 214 g/mol. The second kappa shape index (κ2) is 4.52. The molecule has 0 radical (unpaired) electrons. The quantitative estimate of drug-likeness (QED) is 0.521. The van der Waals surface area contributed by atoms with E-state index in [0.29, 0.717) is 12.5 Å². The lowest BCUT2D eigenvalue weighted by Crippen LogP contribution is -2.27. The van der Waals surface area contributed by atoms with E-state index in [1.165, 1.54) is 0 Å². The third-order valence-electron chi connectivity index (χ3n) is 3.09. The molecule has 3 heteroatoms. The summed E-state index contributed by atoms with van der Waals surface area (Å²) in [5.41, 5.74) is -0.373. The third kappa shape index (κ3) is 3.20. The molecule has 0 bridgehead atoms. The summed E-state index contributed by atoms with van der Waals surface area (Å²) in [6.45, 7) is 10.4. The zero-order valence-electron chi connectivity index (χ0n) is 10.4. The first-order valence-electron chi connectivity index (χ1n) is 5.71. The van der Waals surface area contributed by atoms with Gasteiger partial charge in [0, 0.05) is 0 Å². The van der Waals surface area contributed by atoms with Gasteiger partial charge in [0.05, 0.1) is 11.5 Å². The van der Waals surface area contributed by atoms with E-state index in [1.807, 2.05) is 20.8 Å². The van der Waals surface area contributed by atoms with Gasteiger partial charge < -0.3 is 9.47 Å². The summed E-state index contributed by atoms with van der Waals surface area (Å²) >= 11 is 0. The summed E-state index contributed by atoms with van der Waals surface area (Å²) in [4.78, 5) is 11.6. The first kappa shape index (κ1) is 12.5. The number of rotatable bonds is 5. The van der Waals surface area contributed by atoms with Crippen LogP contribution in [0.4, 0.5) is 0 Å². The fourth-order valence-electron chi connectivity index (χ4n) is 1.37. The number of hydrogen-bond donors (Lipinski definition) is 0. The Balaban J connectivity index is 2.25. The van der Waals surface area contributed by atoms with E-state index >= 15 is 0 Å². The lowest BCUT2D eigenvalue weighted by molar-refractivity contribution is -0.154. The number of esters is 1. The Morgan fingerprint density at radius 2 is 2.07 bits per heavy atom. The smallest absolute Gasteiger partial charge is 0.311 e. The second-order valence-electron chi connectivity index (χ2n) is 5.22. The van der Waals surface area contributed by atoms with Crippen LogP contribution in [0, 0.1) is 11.3 Å². The van der Waals surface area contributed by atoms with Gasteiger partial charge in [-0.1, -0.05) is 20.8 Å². The summed E-state index contributed by atoms with van der Waals surface area (Å²) in [5.74, 6) is 0.385. The molecule has 0 aliphatic carbocycles. The van der Waals surface area contributed by atoms with Gasteiger partial charge in [-0.25, -0.2) is 0 Å². The molecule has 0 amide bonds. The molecule has 1 heterocycles. The van der Waals surface area contributed by atoms with E-state index in [9.17, 15) is 4.79 Å². The molecule has 1 fully saturated rings. The number of carbonyl (C=O) groups excluding carboxylic acids is 1. The van der Waals surface area contributed by atoms with Crippen LogP contribution in [-0.4, -0.2) is 24.8 Å². The zero-order chi connectivity index (χ0) is 11.6. The summed E-state index contributed by atoms with van der Waals surface area (Å²) < 4.78 is 10.6. The third-order valence-corrected chi connectivity index (χ3v) is 3.09. The van der Waals surface area contributed by atoms with Crippen molar-refractivity contribution in [2.24, 2.45) is 11.3 Å². The van der Waals surface area contributed by atoms with Crippen molar-refractivity contribution in [1.82, 2.24) is 0 Å². The number of hydrogen-bond acceptors (Lipinski definition) is 3. The van der Waals surface area contributed by atoms with Crippen LogP contribution < -0.4 is 0 Å². The Hall–Kier alpha value is -0.570. The first-order valence-corrected chi connectivity index (χ1v) is 5.71. The van der Waals surface area contributed by atoms with Crippen LogP contribution in [0.5, 0.6) is 0 Å². The molecule has 88 valence electrons. The van der Waals surface area contributed by atoms with Crippen molar-refractivity contribution in [3.05, 3.63) is 0 Å². The zero-order valence-corrected chi connectivity index (χ0v) is 10.4. The molecule has 0 spiro atoms. The van der Waals surface area contributed by atoms with Crippen LogP contribution in [0.15, 0.2) is 0 Å². The largest absolute Gasteiger partial charge is 0.462 e. The van der Waals surface area contributed by atoms with Crippen molar-refractivity contribution in [3.8, 4) is 0 Å². The maximum atomic E-state index is 11.6. The van der Waals surface area contributed by atoms with Crippen LogP contribution >= 0.6 is 0 Å². The predicted octanol–water partition coefficient (Wildman–Crippen LogP) is 2.39. The van der Waals surface area contributed by atoms with Crippen LogP contribution in [-0.2, 0) is 14.3 Å². The molecule has 0 N–H and O–H groups in total. The molecule has 0 aromatic carbocycles. The molecule has 0 aromatic rings. The van der Waals surface area contributed by atoms with Gasteiger partial charge in [0.2, 0.25) is 0 Å². The molecular weight excluding hydrogens is 192 g/mol. The van der Waals surface area contributed by atoms with Crippen LogP contribution in [0.25, 0.3) is 0 Å². The van der Waals surface area contributed by atoms with Crippen molar-refractivity contribution in [3.63, 3.8) is 0 Å². The number of carbonyl (C=O) groups is 1. The van der Waals surface area contributed by atoms with Gasteiger partial charge in [0.15, 0.2) is 0 Å². The molecule has 1 aliphatic heterocycles. The van der Waals surface area contributed by atoms with E-state index in [0.717, 1.165) is 6.42 Å². The van der Waals surface area contributed by atoms with Gasteiger partial charge in [0.1, 0.15) is 12.7 Å². The highest BCUT2D eigenvalue weighted by Crippen LogP contribution is 2.30.